The van der Waals surface area contributed by atoms with Crippen molar-refractivity contribution in [1.82, 2.24) is 4.98 Å². The van der Waals surface area contributed by atoms with E-state index in [1.54, 1.807) is 12.1 Å². The average molecular weight is 188 g/mol. The number of aromatic hydroxyl groups is 1. The number of fused-ring (bicyclic) bond motifs is 1. The van der Waals surface area contributed by atoms with Gasteiger partial charge in [-0.3, -0.25) is 4.98 Å². The van der Waals surface area contributed by atoms with Gasteiger partial charge in [0, 0.05) is 17.6 Å². The Morgan fingerprint density at radius 2 is 2.14 bits per heavy atom. The van der Waals surface area contributed by atoms with Crippen LogP contribution in [0.3, 0.4) is 0 Å². The van der Waals surface area contributed by atoms with E-state index in [0.717, 1.165) is 22.2 Å². The van der Waals surface area contributed by atoms with E-state index >= 15 is 0 Å². The van der Waals surface area contributed by atoms with Gasteiger partial charge in [-0.1, -0.05) is 6.07 Å². The number of hydrogen-bond acceptors (Lipinski definition) is 3. The van der Waals surface area contributed by atoms with Crippen molar-refractivity contribution in [1.29, 1.82) is 0 Å². The molecular weight excluding hydrogens is 176 g/mol. The average Bonchev–Trinajstić information content (AvgIpc) is 2.17. The van der Waals surface area contributed by atoms with Crippen LogP contribution in [0.5, 0.6) is 5.75 Å². The lowest BCUT2D eigenvalue weighted by atomic mass is 10.1. The van der Waals surface area contributed by atoms with E-state index in [0.29, 0.717) is 6.54 Å². The maximum absolute atomic E-state index is 9.35. The number of phenolic OH excluding ortho intramolecular Hbond substituents is 1. The predicted molar refractivity (Wildman–Crippen MR) is 56.0 cm³/mol. The second kappa shape index (κ2) is 3.27. The summed E-state index contributed by atoms with van der Waals surface area (Å²) in [4.78, 5) is 4.32. The fourth-order valence-electron chi connectivity index (χ4n) is 1.61. The summed E-state index contributed by atoms with van der Waals surface area (Å²) in [5.41, 5.74) is 7.37. The first-order chi connectivity index (χ1) is 6.70. The van der Waals surface area contributed by atoms with Crippen LogP contribution in [-0.4, -0.2) is 10.1 Å². The zero-order chi connectivity index (χ0) is 10.1. The van der Waals surface area contributed by atoms with Crippen LogP contribution in [0.25, 0.3) is 10.8 Å². The summed E-state index contributed by atoms with van der Waals surface area (Å²) in [6.45, 7) is 2.33. The molecule has 0 aliphatic heterocycles. The Kier molecular flexibility index (Phi) is 2.09. The number of aromatic nitrogens is 1. The molecular formula is C11H12N2O. The van der Waals surface area contributed by atoms with Gasteiger partial charge in [0.25, 0.3) is 0 Å². The van der Waals surface area contributed by atoms with Gasteiger partial charge in [0.05, 0.1) is 5.69 Å². The molecule has 3 nitrogen and oxygen atoms in total. The van der Waals surface area contributed by atoms with E-state index in [9.17, 15) is 5.11 Å². The van der Waals surface area contributed by atoms with Crippen LogP contribution in [0.1, 0.15) is 11.4 Å². The third-order valence-electron chi connectivity index (χ3n) is 2.22. The second-order valence-corrected chi connectivity index (χ2v) is 3.32. The Balaban J connectivity index is 2.81. The van der Waals surface area contributed by atoms with Crippen molar-refractivity contribution >= 4 is 10.8 Å². The quantitative estimate of drug-likeness (QED) is 0.716. The highest BCUT2D eigenvalue weighted by molar-refractivity contribution is 5.86. The van der Waals surface area contributed by atoms with E-state index in [4.69, 9.17) is 5.73 Å². The first kappa shape index (κ1) is 8.97. The molecule has 0 fully saturated rings. The molecule has 14 heavy (non-hydrogen) atoms. The molecule has 72 valence electrons. The number of phenols is 1. The zero-order valence-electron chi connectivity index (χ0n) is 7.99. The monoisotopic (exact) mass is 188 g/mol. The second-order valence-electron chi connectivity index (χ2n) is 3.32. The van der Waals surface area contributed by atoms with Crippen LogP contribution < -0.4 is 5.73 Å². The molecule has 0 unspecified atom stereocenters. The van der Waals surface area contributed by atoms with E-state index in [2.05, 4.69) is 4.98 Å². The van der Waals surface area contributed by atoms with Crippen molar-refractivity contribution in [3.63, 3.8) is 0 Å². The van der Waals surface area contributed by atoms with Gasteiger partial charge in [-0.15, -0.1) is 0 Å². The maximum atomic E-state index is 9.35. The van der Waals surface area contributed by atoms with E-state index in [-0.39, 0.29) is 5.75 Å². The summed E-state index contributed by atoms with van der Waals surface area (Å²) in [6, 6.07) is 7.22. The van der Waals surface area contributed by atoms with Crippen LogP contribution in [0.15, 0.2) is 24.3 Å². The van der Waals surface area contributed by atoms with Crippen molar-refractivity contribution in [2.45, 2.75) is 13.5 Å². The largest absolute Gasteiger partial charge is 0.508 e. The Morgan fingerprint density at radius 1 is 1.36 bits per heavy atom. The first-order valence-corrected chi connectivity index (χ1v) is 4.50. The molecule has 1 aromatic carbocycles. The molecule has 0 spiro atoms. The number of rotatable bonds is 1. The summed E-state index contributed by atoms with van der Waals surface area (Å²) in [6.07, 6.45) is 0. The van der Waals surface area contributed by atoms with E-state index in [1.165, 1.54) is 0 Å². The lowest BCUT2D eigenvalue weighted by Gasteiger charge is -2.05. The Hall–Kier alpha value is -1.61. The van der Waals surface area contributed by atoms with Crippen molar-refractivity contribution in [2.24, 2.45) is 5.73 Å². The highest BCUT2D eigenvalue weighted by Gasteiger charge is 2.03. The molecule has 2 aromatic rings. The van der Waals surface area contributed by atoms with Gasteiger partial charge in [-0.25, -0.2) is 0 Å². The molecule has 1 aromatic heterocycles. The van der Waals surface area contributed by atoms with Crippen LogP contribution in [0.2, 0.25) is 0 Å². The summed E-state index contributed by atoms with van der Waals surface area (Å²) in [5, 5.41) is 11.3. The molecule has 2 rings (SSSR count). The Bertz CT molecular complexity index is 480. The highest BCUT2D eigenvalue weighted by atomic mass is 16.3. The summed E-state index contributed by atoms with van der Waals surface area (Å²) in [5.74, 6) is 0.248. The molecule has 3 heteroatoms. The van der Waals surface area contributed by atoms with E-state index in [1.807, 2.05) is 19.1 Å². The van der Waals surface area contributed by atoms with Crippen molar-refractivity contribution in [2.75, 3.05) is 0 Å². The SMILES string of the molecule is Cc1cc2ccc(O)cc2c(CN)n1. The zero-order valence-corrected chi connectivity index (χ0v) is 7.99. The van der Waals surface area contributed by atoms with Crippen molar-refractivity contribution < 1.29 is 5.11 Å². The van der Waals surface area contributed by atoms with Gasteiger partial charge in [-0.2, -0.15) is 0 Å². The molecule has 0 aliphatic rings. The molecule has 1 heterocycles. The fourth-order valence-corrected chi connectivity index (χ4v) is 1.61. The molecule has 0 amide bonds. The van der Waals surface area contributed by atoms with Gasteiger partial charge in [-0.05, 0) is 30.5 Å². The molecule has 0 saturated heterocycles. The number of nitrogens with two attached hydrogens (primary N) is 1. The third kappa shape index (κ3) is 1.42. The smallest absolute Gasteiger partial charge is 0.116 e. The minimum atomic E-state index is 0.248. The number of aryl methyl sites for hydroxylation is 1. The minimum Gasteiger partial charge on any atom is -0.508 e. The molecule has 0 saturated carbocycles. The first-order valence-electron chi connectivity index (χ1n) is 4.50. The third-order valence-corrected chi connectivity index (χ3v) is 2.22. The molecule has 0 radical (unpaired) electrons. The van der Waals surface area contributed by atoms with Gasteiger partial charge in [0.15, 0.2) is 0 Å². The number of benzene rings is 1. The molecule has 0 bridgehead atoms. The number of nitrogens with zero attached hydrogens (tertiary/aromatic N) is 1. The summed E-state index contributed by atoms with van der Waals surface area (Å²) in [7, 11) is 0. The van der Waals surface area contributed by atoms with Crippen molar-refractivity contribution in [3.05, 3.63) is 35.7 Å². The molecule has 3 N–H and O–H groups in total. The molecule has 0 atom stereocenters. The maximum Gasteiger partial charge on any atom is 0.116 e. The standard InChI is InChI=1S/C11H12N2O/c1-7-4-8-2-3-9(14)5-10(8)11(6-12)13-7/h2-5,14H,6,12H2,1H3. The number of hydrogen-bond donors (Lipinski definition) is 2. The van der Waals surface area contributed by atoms with Gasteiger partial charge in [0.1, 0.15) is 5.75 Å². The lowest BCUT2D eigenvalue weighted by Crippen LogP contribution is -2.01. The fraction of sp³-hybridized carbons (Fsp3) is 0.182. The van der Waals surface area contributed by atoms with Crippen LogP contribution in [-0.2, 0) is 6.54 Å². The Labute approximate surface area is 82.2 Å². The van der Waals surface area contributed by atoms with E-state index < -0.39 is 0 Å². The van der Waals surface area contributed by atoms with Gasteiger partial charge >= 0.3 is 0 Å². The molecule has 0 aliphatic carbocycles. The van der Waals surface area contributed by atoms with Gasteiger partial charge in [0.2, 0.25) is 0 Å². The van der Waals surface area contributed by atoms with Crippen LogP contribution >= 0.6 is 0 Å². The lowest BCUT2D eigenvalue weighted by molar-refractivity contribution is 0.476. The number of pyridine rings is 1. The normalized spacial score (nSPS) is 10.7. The van der Waals surface area contributed by atoms with Crippen molar-refractivity contribution in [3.8, 4) is 5.75 Å². The topological polar surface area (TPSA) is 59.1 Å². The predicted octanol–water partition coefficient (Wildman–Crippen LogP) is 1.71. The Morgan fingerprint density at radius 3 is 2.86 bits per heavy atom. The summed E-state index contributed by atoms with van der Waals surface area (Å²) < 4.78 is 0. The summed E-state index contributed by atoms with van der Waals surface area (Å²) >= 11 is 0. The van der Waals surface area contributed by atoms with Crippen LogP contribution in [0, 0.1) is 6.92 Å². The van der Waals surface area contributed by atoms with Crippen LogP contribution in [0.4, 0.5) is 0 Å². The van der Waals surface area contributed by atoms with Gasteiger partial charge < -0.3 is 10.8 Å². The minimum absolute atomic E-state index is 0.248. The highest BCUT2D eigenvalue weighted by Crippen LogP contribution is 2.22.